The van der Waals surface area contributed by atoms with Crippen LogP contribution in [0.15, 0.2) is 6.07 Å². The second-order valence-electron chi connectivity index (χ2n) is 4.56. The molecule has 0 spiro atoms. The van der Waals surface area contributed by atoms with Gasteiger partial charge >= 0.3 is 0 Å². The third-order valence-corrected chi connectivity index (χ3v) is 2.73. The third kappa shape index (κ3) is 4.12. The number of anilines is 2. The molecule has 102 valence electrons. The van der Waals surface area contributed by atoms with Crippen LogP contribution in [0.25, 0.3) is 0 Å². The predicted octanol–water partition coefficient (Wildman–Crippen LogP) is 1.46. The molecular formula is C12H23N5O. The summed E-state index contributed by atoms with van der Waals surface area (Å²) in [6.07, 6.45) is 1.62. The summed E-state index contributed by atoms with van der Waals surface area (Å²) in [6, 6.07) is 1.97. The van der Waals surface area contributed by atoms with Gasteiger partial charge in [-0.25, -0.2) is 15.8 Å². The lowest BCUT2D eigenvalue weighted by atomic mass is 10.1. The number of nitrogens with zero attached hydrogens (tertiary/aromatic N) is 2. The Morgan fingerprint density at radius 3 is 2.50 bits per heavy atom. The Labute approximate surface area is 108 Å². The molecule has 0 amide bonds. The van der Waals surface area contributed by atoms with Crippen LogP contribution in [0.3, 0.4) is 0 Å². The molecule has 0 saturated heterocycles. The number of nitrogens with two attached hydrogens (primary N) is 1. The topological polar surface area (TPSA) is 96.1 Å². The van der Waals surface area contributed by atoms with Crippen molar-refractivity contribution >= 4 is 11.6 Å². The van der Waals surface area contributed by atoms with Crippen molar-refractivity contribution in [1.82, 2.24) is 9.97 Å². The fraction of sp³-hybridized carbons (Fsp3) is 0.667. The molecule has 5 N–H and O–H groups in total. The zero-order valence-electron chi connectivity index (χ0n) is 11.3. The molecule has 0 aliphatic heterocycles. The zero-order chi connectivity index (χ0) is 13.5. The van der Waals surface area contributed by atoms with Crippen molar-refractivity contribution < 1.29 is 5.11 Å². The summed E-state index contributed by atoms with van der Waals surface area (Å²) >= 11 is 0. The smallest absolute Gasteiger partial charge is 0.145 e. The molecule has 1 rings (SSSR count). The molecule has 0 aromatic carbocycles. The lowest BCUT2D eigenvalue weighted by molar-refractivity contribution is 0.278. The van der Waals surface area contributed by atoms with Crippen molar-refractivity contribution in [3.8, 4) is 0 Å². The molecule has 0 aliphatic carbocycles. The summed E-state index contributed by atoms with van der Waals surface area (Å²) in [5.74, 6) is 7.71. The highest BCUT2D eigenvalue weighted by Gasteiger charge is 2.10. The standard InChI is InChI=1S/C12H23N5O/c1-4-9(5-6-18)14-10-7-11(17-13)16-12(15-10)8(2)3/h7-9,18H,4-6,13H2,1-3H3,(H2,14,15,16,17). The first-order valence-electron chi connectivity index (χ1n) is 6.33. The van der Waals surface area contributed by atoms with E-state index in [9.17, 15) is 0 Å². The predicted molar refractivity (Wildman–Crippen MR) is 73.3 cm³/mol. The van der Waals surface area contributed by atoms with E-state index >= 15 is 0 Å². The van der Waals surface area contributed by atoms with Crippen LogP contribution < -0.4 is 16.6 Å². The number of aliphatic hydroxyl groups is 1. The maximum atomic E-state index is 8.98. The van der Waals surface area contributed by atoms with E-state index in [0.717, 1.165) is 18.1 Å². The number of hydrogen-bond donors (Lipinski definition) is 4. The van der Waals surface area contributed by atoms with E-state index < -0.39 is 0 Å². The number of hydrogen-bond acceptors (Lipinski definition) is 6. The molecular weight excluding hydrogens is 230 g/mol. The molecule has 0 bridgehead atoms. The summed E-state index contributed by atoms with van der Waals surface area (Å²) in [4.78, 5) is 8.75. The number of aromatic nitrogens is 2. The number of nitrogens with one attached hydrogen (secondary N) is 2. The van der Waals surface area contributed by atoms with Crippen LogP contribution in [0, 0.1) is 0 Å². The highest BCUT2D eigenvalue weighted by molar-refractivity contribution is 5.47. The Bertz CT molecular complexity index is 369. The van der Waals surface area contributed by atoms with E-state index in [0.29, 0.717) is 12.2 Å². The van der Waals surface area contributed by atoms with Gasteiger partial charge in [0.15, 0.2) is 0 Å². The molecule has 0 fully saturated rings. The Balaban J connectivity index is 2.89. The number of aliphatic hydroxyl groups excluding tert-OH is 1. The molecule has 1 unspecified atom stereocenters. The number of hydrazine groups is 1. The third-order valence-electron chi connectivity index (χ3n) is 2.73. The summed E-state index contributed by atoms with van der Waals surface area (Å²) in [5, 5.41) is 12.3. The average Bonchev–Trinajstić information content (AvgIpc) is 2.37. The number of nitrogen functional groups attached to an aromatic ring is 1. The highest BCUT2D eigenvalue weighted by Crippen LogP contribution is 2.18. The SMILES string of the molecule is CCC(CCO)Nc1cc(NN)nc(C(C)C)n1. The molecule has 1 aromatic heterocycles. The van der Waals surface area contributed by atoms with Gasteiger partial charge in [-0.2, -0.15) is 0 Å². The monoisotopic (exact) mass is 253 g/mol. The van der Waals surface area contributed by atoms with Crippen LogP contribution in [0.1, 0.15) is 45.4 Å². The summed E-state index contributed by atoms with van der Waals surface area (Å²) in [7, 11) is 0. The van der Waals surface area contributed by atoms with E-state index in [4.69, 9.17) is 10.9 Å². The highest BCUT2D eigenvalue weighted by atomic mass is 16.3. The van der Waals surface area contributed by atoms with Crippen molar-refractivity contribution in [1.29, 1.82) is 0 Å². The van der Waals surface area contributed by atoms with Crippen molar-refractivity contribution in [3.63, 3.8) is 0 Å². The Morgan fingerprint density at radius 1 is 1.33 bits per heavy atom. The van der Waals surface area contributed by atoms with Crippen LogP contribution in [-0.2, 0) is 0 Å². The minimum Gasteiger partial charge on any atom is -0.396 e. The van der Waals surface area contributed by atoms with Crippen molar-refractivity contribution in [2.75, 3.05) is 17.3 Å². The lowest BCUT2D eigenvalue weighted by Crippen LogP contribution is -2.21. The lowest BCUT2D eigenvalue weighted by Gasteiger charge is -2.18. The average molecular weight is 253 g/mol. The maximum absolute atomic E-state index is 8.98. The maximum Gasteiger partial charge on any atom is 0.145 e. The summed E-state index contributed by atoms with van der Waals surface area (Å²) in [6.45, 7) is 6.30. The first-order chi connectivity index (χ1) is 8.60. The van der Waals surface area contributed by atoms with Crippen LogP contribution in [0.4, 0.5) is 11.6 Å². The van der Waals surface area contributed by atoms with Gasteiger partial charge in [0, 0.05) is 24.6 Å². The normalized spacial score (nSPS) is 12.6. The summed E-state index contributed by atoms with van der Waals surface area (Å²) < 4.78 is 0. The van der Waals surface area contributed by atoms with Gasteiger partial charge in [0.2, 0.25) is 0 Å². The second kappa shape index (κ2) is 7.13. The Kier molecular flexibility index (Phi) is 5.80. The van der Waals surface area contributed by atoms with E-state index in [1.54, 1.807) is 6.07 Å². The largest absolute Gasteiger partial charge is 0.396 e. The molecule has 0 aliphatic rings. The van der Waals surface area contributed by atoms with Gasteiger partial charge in [-0.1, -0.05) is 20.8 Å². The molecule has 1 heterocycles. The van der Waals surface area contributed by atoms with Crippen LogP contribution >= 0.6 is 0 Å². The van der Waals surface area contributed by atoms with Gasteiger partial charge in [-0.05, 0) is 12.8 Å². The molecule has 1 aromatic rings. The van der Waals surface area contributed by atoms with Crippen LogP contribution in [0.5, 0.6) is 0 Å². The molecule has 18 heavy (non-hydrogen) atoms. The van der Waals surface area contributed by atoms with Gasteiger partial charge in [0.05, 0.1) is 0 Å². The van der Waals surface area contributed by atoms with E-state index in [1.807, 2.05) is 13.8 Å². The zero-order valence-corrected chi connectivity index (χ0v) is 11.3. The van der Waals surface area contributed by atoms with Crippen molar-refractivity contribution in [3.05, 3.63) is 11.9 Å². The Morgan fingerprint density at radius 2 is 2.00 bits per heavy atom. The van der Waals surface area contributed by atoms with Crippen molar-refractivity contribution in [2.24, 2.45) is 5.84 Å². The fourth-order valence-electron chi connectivity index (χ4n) is 1.62. The molecule has 6 nitrogen and oxygen atoms in total. The van der Waals surface area contributed by atoms with Gasteiger partial charge < -0.3 is 15.8 Å². The molecule has 1 atom stereocenters. The van der Waals surface area contributed by atoms with Gasteiger partial charge in [-0.15, -0.1) is 0 Å². The van der Waals surface area contributed by atoms with Crippen molar-refractivity contribution in [2.45, 2.75) is 45.6 Å². The molecule has 6 heteroatoms. The van der Waals surface area contributed by atoms with Gasteiger partial charge in [0.25, 0.3) is 0 Å². The first-order valence-corrected chi connectivity index (χ1v) is 6.33. The van der Waals surface area contributed by atoms with E-state index in [-0.39, 0.29) is 18.6 Å². The quantitative estimate of drug-likeness (QED) is 0.434. The Hall–Kier alpha value is -1.40. The molecule has 0 saturated carbocycles. The van der Waals surface area contributed by atoms with E-state index in [1.165, 1.54) is 0 Å². The summed E-state index contributed by atoms with van der Waals surface area (Å²) in [5.41, 5.74) is 2.55. The van der Waals surface area contributed by atoms with E-state index in [2.05, 4.69) is 27.6 Å². The first kappa shape index (κ1) is 14.7. The van der Waals surface area contributed by atoms with Crippen LogP contribution in [0.2, 0.25) is 0 Å². The fourth-order valence-corrected chi connectivity index (χ4v) is 1.62. The van der Waals surface area contributed by atoms with Crippen LogP contribution in [-0.4, -0.2) is 27.7 Å². The van der Waals surface area contributed by atoms with Gasteiger partial charge in [0.1, 0.15) is 17.5 Å². The van der Waals surface area contributed by atoms with Gasteiger partial charge in [-0.3, -0.25) is 0 Å². The minimum atomic E-state index is 0.162. The second-order valence-corrected chi connectivity index (χ2v) is 4.56. The molecule has 0 radical (unpaired) electrons. The number of rotatable bonds is 7. The minimum absolute atomic E-state index is 0.162.